The van der Waals surface area contributed by atoms with Gasteiger partial charge in [0.05, 0.1) is 5.92 Å². The SMILES string of the molecule is C(#C[C]1[CH][CH][CH][CH]1)/C=C\[C]1[CH][CH][CH][CH]1. The predicted molar refractivity (Wildman–Crippen MR) is 57.8 cm³/mol. The third-order valence-corrected chi connectivity index (χ3v) is 1.93. The molecule has 0 N–H and O–H groups in total. The lowest BCUT2D eigenvalue weighted by molar-refractivity contribution is 1.38. The second-order valence-electron chi connectivity index (χ2n) is 2.99. The van der Waals surface area contributed by atoms with Crippen LogP contribution >= 0.6 is 0 Å². The summed E-state index contributed by atoms with van der Waals surface area (Å²) in [5.41, 5.74) is 0. The monoisotopic (exact) mass is 178 g/mol. The Hall–Kier alpha value is -0.700. The standard InChI is InChI=1S/C14H10/c1-2-8-13(7-1)11-5-6-12-14-9-3-4-10-14/h1-5,7-11H/b11-5-. The Morgan fingerprint density at radius 2 is 1.50 bits per heavy atom. The number of rotatable bonds is 1. The van der Waals surface area contributed by atoms with E-state index in [1.807, 2.05) is 50.7 Å². The molecule has 2 aliphatic rings. The molecule has 2 aliphatic carbocycles. The van der Waals surface area contributed by atoms with Crippen LogP contribution < -0.4 is 0 Å². The van der Waals surface area contributed by atoms with Gasteiger partial charge >= 0.3 is 0 Å². The zero-order chi connectivity index (χ0) is 9.64. The molecule has 0 spiro atoms. The Kier molecular flexibility index (Phi) is 3.69. The molecule has 0 bridgehead atoms. The van der Waals surface area contributed by atoms with E-state index in [0.29, 0.717) is 0 Å². The van der Waals surface area contributed by atoms with Crippen LogP contribution in [0.1, 0.15) is 0 Å². The molecule has 2 fully saturated rings. The Balaban J connectivity index is 1.73. The first-order valence-corrected chi connectivity index (χ1v) is 4.57. The fourth-order valence-corrected chi connectivity index (χ4v) is 1.22. The normalized spacial score (nSPS) is 24.3. The minimum absolute atomic E-state index is 1.07. The minimum Gasteiger partial charge on any atom is -0.0895 e. The van der Waals surface area contributed by atoms with Crippen molar-refractivity contribution in [2.24, 2.45) is 0 Å². The lowest BCUT2D eigenvalue weighted by Crippen LogP contribution is -1.85. The van der Waals surface area contributed by atoms with Crippen molar-refractivity contribution in [2.45, 2.75) is 0 Å². The fraction of sp³-hybridized carbons (Fsp3) is 0. The van der Waals surface area contributed by atoms with Gasteiger partial charge in [-0.25, -0.2) is 0 Å². The van der Waals surface area contributed by atoms with E-state index in [1.165, 1.54) is 5.92 Å². The molecule has 0 aromatic heterocycles. The van der Waals surface area contributed by atoms with E-state index in [0.717, 1.165) is 5.92 Å². The molecule has 0 saturated heterocycles. The third-order valence-electron chi connectivity index (χ3n) is 1.93. The summed E-state index contributed by atoms with van der Waals surface area (Å²) in [6.07, 6.45) is 20.0. The summed E-state index contributed by atoms with van der Waals surface area (Å²) in [4.78, 5) is 0. The van der Waals surface area contributed by atoms with Crippen LogP contribution in [0, 0.1) is 75.0 Å². The predicted octanol–water partition coefficient (Wildman–Crippen LogP) is 2.36. The molecule has 66 valence electrons. The van der Waals surface area contributed by atoms with E-state index in [-0.39, 0.29) is 0 Å². The first kappa shape index (κ1) is 9.84. The van der Waals surface area contributed by atoms with Crippen LogP contribution in [-0.4, -0.2) is 0 Å². The van der Waals surface area contributed by atoms with Crippen LogP contribution in [0.3, 0.4) is 0 Å². The Labute approximate surface area is 87.8 Å². The average molecular weight is 178 g/mol. The van der Waals surface area contributed by atoms with Crippen molar-refractivity contribution in [1.29, 1.82) is 0 Å². The topological polar surface area (TPSA) is 0 Å². The summed E-state index contributed by atoms with van der Waals surface area (Å²) in [6.45, 7) is 0. The smallest absolute Gasteiger partial charge is 0.0557 e. The van der Waals surface area contributed by atoms with Gasteiger partial charge in [0.2, 0.25) is 0 Å². The Morgan fingerprint density at radius 3 is 2.21 bits per heavy atom. The van der Waals surface area contributed by atoms with Crippen LogP contribution in [0.2, 0.25) is 0 Å². The van der Waals surface area contributed by atoms with Crippen molar-refractivity contribution < 1.29 is 0 Å². The van der Waals surface area contributed by atoms with Gasteiger partial charge in [0.25, 0.3) is 0 Å². The Bertz CT molecular complexity index is 239. The van der Waals surface area contributed by atoms with Crippen molar-refractivity contribution in [3.8, 4) is 11.8 Å². The average Bonchev–Trinajstić information content (AvgIpc) is 2.86. The summed E-state index contributed by atoms with van der Waals surface area (Å²) in [6, 6.07) is 0. The molecule has 2 saturated carbocycles. The molecule has 0 unspecified atom stereocenters. The van der Waals surface area contributed by atoms with Crippen molar-refractivity contribution in [3.63, 3.8) is 0 Å². The van der Waals surface area contributed by atoms with Gasteiger partial charge in [-0.15, -0.1) is 0 Å². The molecule has 0 atom stereocenters. The van der Waals surface area contributed by atoms with Gasteiger partial charge in [0, 0.05) is 5.92 Å². The lowest BCUT2D eigenvalue weighted by atomic mass is 10.1. The Morgan fingerprint density at radius 1 is 0.857 bits per heavy atom. The molecule has 0 heterocycles. The molecule has 2 rings (SSSR count). The summed E-state index contributed by atoms with van der Waals surface area (Å²) in [7, 11) is 0. The summed E-state index contributed by atoms with van der Waals surface area (Å²) in [5.74, 6) is 8.31. The van der Waals surface area contributed by atoms with Crippen molar-refractivity contribution in [3.05, 3.63) is 75.4 Å². The molecular formula is C14H10. The minimum atomic E-state index is 1.07. The number of hydrogen-bond donors (Lipinski definition) is 0. The molecule has 0 nitrogen and oxygen atoms in total. The zero-order valence-corrected chi connectivity index (χ0v) is 7.77. The maximum Gasteiger partial charge on any atom is 0.0557 e. The number of allylic oxidation sites excluding steroid dienone is 2. The van der Waals surface area contributed by atoms with Crippen molar-refractivity contribution >= 4 is 0 Å². The molecule has 0 heteroatoms. The summed E-state index contributed by atoms with van der Waals surface area (Å²) < 4.78 is 0. The van der Waals surface area contributed by atoms with Gasteiger partial charge in [-0.3, -0.25) is 0 Å². The van der Waals surface area contributed by atoms with Crippen LogP contribution in [0.15, 0.2) is 12.2 Å². The zero-order valence-electron chi connectivity index (χ0n) is 7.77. The lowest BCUT2D eigenvalue weighted by Gasteiger charge is -1.95. The van der Waals surface area contributed by atoms with Crippen molar-refractivity contribution in [1.82, 2.24) is 0 Å². The molecule has 14 heavy (non-hydrogen) atoms. The molecule has 0 amide bonds. The second-order valence-corrected chi connectivity index (χ2v) is 2.99. The highest BCUT2D eigenvalue weighted by Gasteiger charge is 2.14. The van der Waals surface area contributed by atoms with E-state index in [9.17, 15) is 0 Å². The third kappa shape index (κ3) is 2.91. The highest BCUT2D eigenvalue weighted by molar-refractivity contribution is 5.49. The first-order chi connectivity index (χ1) is 6.95. The highest BCUT2D eigenvalue weighted by Crippen LogP contribution is 2.24. The maximum absolute atomic E-state index is 3.05. The molecule has 10 radical (unpaired) electrons. The first-order valence-electron chi connectivity index (χ1n) is 4.57. The quantitative estimate of drug-likeness (QED) is 0.541. The van der Waals surface area contributed by atoms with Crippen LogP contribution in [-0.2, 0) is 0 Å². The number of hydrogen-bond acceptors (Lipinski definition) is 0. The second kappa shape index (κ2) is 5.25. The van der Waals surface area contributed by atoms with E-state index >= 15 is 0 Å². The van der Waals surface area contributed by atoms with E-state index in [1.54, 1.807) is 0 Å². The van der Waals surface area contributed by atoms with E-state index < -0.39 is 0 Å². The summed E-state index contributed by atoms with van der Waals surface area (Å²) >= 11 is 0. The largest absolute Gasteiger partial charge is 0.0895 e. The van der Waals surface area contributed by atoms with Gasteiger partial charge in [-0.05, 0) is 57.4 Å². The van der Waals surface area contributed by atoms with E-state index in [2.05, 4.69) is 24.7 Å². The highest BCUT2D eigenvalue weighted by atomic mass is 14.2. The van der Waals surface area contributed by atoms with Gasteiger partial charge in [0.15, 0.2) is 0 Å². The van der Waals surface area contributed by atoms with Gasteiger partial charge in [-0.1, -0.05) is 17.9 Å². The van der Waals surface area contributed by atoms with Crippen molar-refractivity contribution in [2.75, 3.05) is 0 Å². The van der Waals surface area contributed by atoms with Crippen LogP contribution in [0.4, 0.5) is 0 Å². The van der Waals surface area contributed by atoms with E-state index in [4.69, 9.17) is 0 Å². The van der Waals surface area contributed by atoms with Gasteiger partial charge in [-0.2, -0.15) is 0 Å². The molecule has 0 aromatic carbocycles. The van der Waals surface area contributed by atoms with Gasteiger partial charge in [0.1, 0.15) is 0 Å². The fourth-order valence-electron chi connectivity index (χ4n) is 1.22. The molecule has 0 aliphatic heterocycles. The van der Waals surface area contributed by atoms with Gasteiger partial charge < -0.3 is 0 Å². The molecule has 0 aromatic rings. The van der Waals surface area contributed by atoms with Crippen LogP contribution in [0.25, 0.3) is 0 Å². The molecular weight excluding hydrogens is 168 g/mol. The van der Waals surface area contributed by atoms with Crippen LogP contribution in [0.5, 0.6) is 0 Å². The summed E-state index contributed by atoms with van der Waals surface area (Å²) in [5, 5.41) is 0. The maximum atomic E-state index is 3.05.